The molecule has 2 aromatic rings. The third-order valence-electron chi connectivity index (χ3n) is 2.37. The minimum absolute atomic E-state index is 0.229. The monoisotopic (exact) mass is 265 g/mol. The molecule has 0 aliphatic rings. The molecule has 0 aliphatic carbocycles. The van der Waals surface area contributed by atoms with Crippen LogP contribution in [-0.2, 0) is 0 Å². The highest BCUT2D eigenvalue weighted by molar-refractivity contribution is 7.99. The normalized spacial score (nSPS) is 10.5. The van der Waals surface area contributed by atoms with E-state index in [0.717, 1.165) is 4.90 Å². The van der Waals surface area contributed by atoms with Gasteiger partial charge in [-0.1, -0.05) is 30.0 Å². The third kappa shape index (κ3) is 2.70. The molecule has 0 spiro atoms. The molecule has 2 rings (SSSR count). The number of rotatable bonds is 2. The van der Waals surface area contributed by atoms with E-state index in [1.165, 1.54) is 17.3 Å². The summed E-state index contributed by atoms with van der Waals surface area (Å²) in [6.07, 6.45) is 0. The Labute approximate surface area is 109 Å². The van der Waals surface area contributed by atoms with Gasteiger partial charge in [-0.15, -0.1) is 0 Å². The second-order valence-electron chi connectivity index (χ2n) is 3.66. The van der Waals surface area contributed by atoms with Crippen LogP contribution in [0.2, 0.25) is 5.28 Å². The fourth-order valence-electron chi connectivity index (χ4n) is 1.38. The summed E-state index contributed by atoms with van der Waals surface area (Å²) in [5.41, 5.74) is 8.42. The molecule has 0 radical (unpaired) electrons. The maximum absolute atomic E-state index is 5.94. The predicted molar refractivity (Wildman–Crippen MR) is 71.5 cm³/mol. The first-order valence-electron chi connectivity index (χ1n) is 5.11. The number of anilines is 1. The van der Waals surface area contributed by atoms with E-state index in [1.807, 2.05) is 38.1 Å². The fourth-order valence-corrected chi connectivity index (χ4v) is 2.61. The highest BCUT2D eigenvalue weighted by Gasteiger charge is 2.10. The van der Waals surface area contributed by atoms with E-state index in [-0.39, 0.29) is 5.28 Å². The Morgan fingerprint density at radius 3 is 2.59 bits per heavy atom. The molecular weight excluding hydrogens is 254 g/mol. The number of aromatic nitrogens is 2. The van der Waals surface area contributed by atoms with Gasteiger partial charge in [0.15, 0.2) is 0 Å². The van der Waals surface area contributed by atoms with Crippen LogP contribution >= 0.6 is 23.4 Å². The number of nitrogens with two attached hydrogens (primary N) is 1. The van der Waals surface area contributed by atoms with Gasteiger partial charge in [-0.3, -0.25) is 0 Å². The zero-order valence-corrected chi connectivity index (χ0v) is 11.1. The molecule has 88 valence electrons. The van der Waals surface area contributed by atoms with Gasteiger partial charge in [0.25, 0.3) is 0 Å². The van der Waals surface area contributed by atoms with E-state index in [9.17, 15) is 0 Å². The van der Waals surface area contributed by atoms with Crippen molar-refractivity contribution in [3.8, 4) is 0 Å². The summed E-state index contributed by atoms with van der Waals surface area (Å²) in [5.74, 6) is 0. The quantitative estimate of drug-likeness (QED) is 0.667. The average molecular weight is 266 g/mol. The van der Waals surface area contributed by atoms with Crippen LogP contribution in [0.1, 0.15) is 11.3 Å². The zero-order chi connectivity index (χ0) is 12.4. The lowest BCUT2D eigenvalue weighted by Gasteiger charge is -2.08. The predicted octanol–water partition coefficient (Wildman–Crippen LogP) is 3.48. The number of aryl methyl sites for hydroxylation is 2. The van der Waals surface area contributed by atoms with Gasteiger partial charge in [0.05, 0.1) is 11.4 Å². The molecule has 2 N–H and O–H groups in total. The highest BCUT2D eigenvalue weighted by atomic mass is 35.5. The van der Waals surface area contributed by atoms with Gasteiger partial charge in [0.1, 0.15) is 5.03 Å². The summed E-state index contributed by atoms with van der Waals surface area (Å²) in [5, 5.41) is 0.935. The number of benzene rings is 1. The van der Waals surface area contributed by atoms with Crippen LogP contribution in [0.25, 0.3) is 0 Å². The Hall–Kier alpha value is -1.26. The van der Waals surface area contributed by atoms with Gasteiger partial charge < -0.3 is 5.73 Å². The topological polar surface area (TPSA) is 51.8 Å². The second kappa shape index (κ2) is 4.94. The third-order valence-corrected chi connectivity index (χ3v) is 3.73. The maximum atomic E-state index is 5.94. The lowest BCUT2D eigenvalue weighted by atomic mass is 10.2. The molecule has 1 aromatic carbocycles. The van der Waals surface area contributed by atoms with E-state index >= 15 is 0 Å². The molecule has 0 fully saturated rings. The fraction of sp³-hybridized carbons (Fsp3) is 0.167. The van der Waals surface area contributed by atoms with Crippen molar-refractivity contribution in [1.29, 1.82) is 0 Å². The molecule has 17 heavy (non-hydrogen) atoms. The van der Waals surface area contributed by atoms with Crippen LogP contribution in [0.5, 0.6) is 0 Å². The van der Waals surface area contributed by atoms with Gasteiger partial charge in [-0.25, -0.2) is 9.97 Å². The standard InChI is InChI=1S/C12H12ClN3S/c1-7-5-3-4-6-9(7)17-11-10(14)8(2)15-12(13)16-11/h3-6H,14H2,1-2H3. The molecule has 1 heterocycles. The Morgan fingerprint density at radius 1 is 1.18 bits per heavy atom. The number of hydrogen-bond donors (Lipinski definition) is 1. The van der Waals surface area contributed by atoms with Crippen LogP contribution < -0.4 is 5.73 Å². The van der Waals surface area contributed by atoms with Crippen molar-refractivity contribution < 1.29 is 0 Å². The lowest BCUT2D eigenvalue weighted by Crippen LogP contribution is -1.99. The van der Waals surface area contributed by atoms with Crippen LogP contribution in [0.4, 0.5) is 5.69 Å². The van der Waals surface area contributed by atoms with Gasteiger partial charge in [-0.05, 0) is 37.1 Å². The first-order chi connectivity index (χ1) is 8.08. The summed E-state index contributed by atoms with van der Waals surface area (Å²) in [6, 6.07) is 8.07. The molecule has 0 unspecified atom stereocenters. The van der Waals surface area contributed by atoms with E-state index < -0.39 is 0 Å². The highest BCUT2D eigenvalue weighted by Crippen LogP contribution is 2.33. The second-order valence-corrected chi connectivity index (χ2v) is 5.03. The van der Waals surface area contributed by atoms with Crippen molar-refractivity contribution in [2.45, 2.75) is 23.8 Å². The van der Waals surface area contributed by atoms with Crippen molar-refractivity contribution in [2.24, 2.45) is 0 Å². The van der Waals surface area contributed by atoms with Crippen LogP contribution in [0, 0.1) is 13.8 Å². The Morgan fingerprint density at radius 2 is 1.88 bits per heavy atom. The van der Waals surface area contributed by atoms with Gasteiger partial charge >= 0.3 is 0 Å². The minimum atomic E-state index is 0.229. The molecule has 0 atom stereocenters. The number of nitrogens with zero attached hydrogens (tertiary/aromatic N) is 2. The Kier molecular flexibility index (Phi) is 3.54. The number of nitrogen functional groups attached to an aromatic ring is 1. The SMILES string of the molecule is Cc1ccccc1Sc1nc(Cl)nc(C)c1N. The van der Waals surface area contributed by atoms with E-state index in [1.54, 1.807) is 0 Å². The summed E-state index contributed by atoms with van der Waals surface area (Å²) in [4.78, 5) is 9.29. The van der Waals surface area contributed by atoms with Crippen LogP contribution in [-0.4, -0.2) is 9.97 Å². The molecule has 3 nitrogen and oxygen atoms in total. The van der Waals surface area contributed by atoms with Gasteiger partial charge in [-0.2, -0.15) is 0 Å². The number of hydrogen-bond acceptors (Lipinski definition) is 4. The van der Waals surface area contributed by atoms with E-state index in [2.05, 4.69) is 9.97 Å². The van der Waals surface area contributed by atoms with Gasteiger partial charge in [0, 0.05) is 4.90 Å². The largest absolute Gasteiger partial charge is 0.395 e. The number of halogens is 1. The first-order valence-corrected chi connectivity index (χ1v) is 6.30. The maximum Gasteiger partial charge on any atom is 0.223 e. The first kappa shape index (κ1) is 12.2. The zero-order valence-electron chi connectivity index (χ0n) is 9.57. The van der Waals surface area contributed by atoms with Crippen molar-refractivity contribution in [1.82, 2.24) is 9.97 Å². The van der Waals surface area contributed by atoms with Crippen LogP contribution in [0.15, 0.2) is 34.2 Å². The molecule has 0 saturated carbocycles. The van der Waals surface area contributed by atoms with Crippen molar-refractivity contribution in [3.63, 3.8) is 0 Å². The summed E-state index contributed by atoms with van der Waals surface area (Å²) < 4.78 is 0. The molecule has 0 saturated heterocycles. The molecule has 5 heteroatoms. The molecular formula is C12H12ClN3S. The van der Waals surface area contributed by atoms with Crippen molar-refractivity contribution in [2.75, 3.05) is 5.73 Å². The lowest BCUT2D eigenvalue weighted by molar-refractivity contribution is 1.02. The molecule has 0 bridgehead atoms. The van der Waals surface area contributed by atoms with E-state index in [0.29, 0.717) is 16.4 Å². The van der Waals surface area contributed by atoms with Crippen molar-refractivity contribution in [3.05, 3.63) is 40.8 Å². The Balaban J connectivity index is 2.40. The summed E-state index contributed by atoms with van der Waals surface area (Å²) in [7, 11) is 0. The smallest absolute Gasteiger partial charge is 0.223 e. The van der Waals surface area contributed by atoms with Gasteiger partial charge in [0.2, 0.25) is 5.28 Å². The summed E-state index contributed by atoms with van der Waals surface area (Å²) >= 11 is 7.35. The molecule has 0 amide bonds. The van der Waals surface area contributed by atoms with Crippen LogP contribution in [0.3, 0.4) is 0 Å². The average Bonchev–Trinajstić information content (AvgIpc) is 2.28. The molecule has 1 aromatic heterocycles. The Bertz CT molecular complexity index is 557. The summed E-state index contributed by atoms with van der Waals surface area (Å²) in [6.45, 7) is 3.87. The van der Waals surface area contributed by atoms with Crippen molar-refractivity contribution >= 4 is 29.1 Å². The van der Waals surface area contributed by atoms with E-state index in [4.69, 9.17) is 17.3 Å². The minimum Gasteiger partial charge on any atom is -0.395 e. The molecule has 0 aliphatic heterocycles.